The number of amidine groups is 1. The maximum Gasteiger partial charge on any atom is 0.258 e. The van der Waals surface area contributed by atoms with Crippen molar-refractivity contribution in [2.75, 3.05) is 20.1 Å². The van der Waals surface area contributed by atoms with Crippen LogP contribution in [0, 0.1) is 0 Å². The molecule has 0 bridgehead atoms. The standard InChI is InChI=1S/C8H14N4OS/c1-5-3-9-8(14-5)10-6-4-12(2)11-7(6)13/h5-6H,3-4H2,1-2H3,(H,9,10)(H,11,13). The SMILES string of the molecule is CC1CN=C(NC2CN(C)NC2=O)S1. The van der Waals surface area contributed by atoms with E-state index in [9.17, 15) is 4.79 Å². The van der Waals surface area contributed by atoms with E-state index in [2.05, 4.69) is 22.7 Å². The summed E-state index contributed by atoms with van der Waals surface area (Å²) in [7, 11) is 1.85. The monoisotopic (exact) mass is 214 g/mol. The van der Waals surface area contributed by atoms with Gasteiger partial charge >= 0.3 is 0 Å². The zero-order chi connectivity index (χ0) is 10.1. The largest absolute Gasteiger partial charge is 0.352 e. The first-order valence-corrected chi connectivity index (χ1v) is 5.52. The molecule has 2 aliphatic rings. The van der Waals surface area contributed by atoms with Crippen molar-refractivity contribution in [1.82, 2.24) is 15.8 Å². The Morgan fingerprint density at radius 3 is 3.00 bits per heavy atom. The minimum absolute atomic E-state index is 0.0235. The third-order valence-electron chi connectivity index (χ3n) is 2.18. The number of nitrogens with one attached hydrogen (secondary N) is 2. The predicted octanol–water partition coefficient (Wildman–Crippen LogP) is -0.587. The highest BCUT2D eigenvalue weighted by Gasteiger charge is 2.30. The number of thioether (sulfide) groups is 1. The molecule has 2 rings (SSSR count). The molecule has 0 aliphatic carbocycles. The Bertz CT molecular complexity index is 281. The van der Waals surface area contributed by atoms with E-state index >= 15 is 0 Å². The van der Waals surface area contributed by atoms with Gasteiger partial charge in [-0.15, -0.1) is 0 Å². The molecule has 1 saturated heterocycles. The van der Waals surface area contributed by atoms with Crippen LogP contribution < -0.4 is 10.7 Å². The second-order valence-corrected chi connectivity index (χ2v) is 5.05. The number of hydrazine groups is 1. The van der Waals surface area contributed by atoms with E-state index in [4.69, 9.17) is 0 Å². The molecular weight excluding hydrogens is 200 g/mol. The Labute approximate surface area is 87.3 Å². The summed E-state index contributed by atoms with van der Waals surface area (Å²) in [6, 6.07) is -0.156. The Kier molecular flexibility index (Phi) is 2.64. The lowest BCUT2D eigenvalue weighted by molar-refractivity contribution is -0.121. The highest BCUT2D eigenvalue weighted by atomic mass is 32.2. The highest BCUT2D eigenvalue weighted by Crippen LogP contribution is 2.19. The van der Waals surface area contributed by atoms with Crippen LogP contribution in [0.2, 0.25) is 0 Å². The molecule has 0 aromatic carbocycles. The van der Waals surface area contributed by atoms with E-state index in [1.54, 1.807) is 16.8 Å². The number of carbonyl (C=O) groups is 1. The van der Waals surface area contributed by atoms with Crippen LogP contribution in [0.3, 0.4) is 0 Å². The normalized spacial score (nSPS) is 33.0. The molecule has 2 atom stereocenters. The average molecular weight is 214 g/mol. The second kappa shape index (κ2) is 3.78. The molecule has 0 aromatic heterocycles. The Hall–Kier alpha value is -0.750. The third kappa shape index (κ3) is 2.01. The summed E-state index contributed by atoms with van der Waals surface area (Å²) < 4.78 is 0. The molecule has 2 heterocycles. The van der Waals surface area contributed by atoms with Gasteiger partial charge in [-0.25, -0.2) is 5.01 Å². The predicted molar refractivity (Wildman–Crippen MR) is 57.1 cm³/mol. The Balaban J connectivity index is 1.89. The molecule has 6 heteroatoms. The molecule has 78 valence electrons. The molecule has 0 radical (unpaired) electrons. The quantitative estimate of drug-likeness (QED) is 0.613. The molecule has 2 aliphatic heterocycles. The van der Waals surface area contributed by atoms with E-state index < -0.39 is 0 Å². The van der Waals surface area contributed by atoms with Crippen molar-refractivity contribution >= 4 is 22.8 Å². The zero-order valence-electron chi connectivity index (χ0n) is 8.28. The maximum absolute atomic E-state index is 11.4. The molecule has 0 aromatic rings. The van der Waals surface area contributed by atoms with Gasteiger partial charge in [0.15, 0.2) is 5.17 Å². The van der Waals surface area contributed by atoms with Gasteiger partial charge in [-0.1, -0.05) is 18.7 Å². The molecule has 2 unspecified atom stereocenters. The summed E-state index contributed by atoms with van der Waals surface area (Å²) in [6.45, 7) is 3.66. The van der Waals surface area contributed by atoms with Crippen LogP contribution in [0.15, 0.2) is 4.99 Å². The van der Waals surface area contributed by atoms with Crippen LogP contribution in [0.5, 0.6) is 0 Å². The number of rotatable bonds is 1. The van der Waals surface area contributed by atoms with Crippen molar-refractivity contribution in [3.63, 3.8) is 0 Å². The van der Waals surface area contributed by atoms with Crippen molar-refractivity contribution in [3.8, 4) is 0 Å². The van der Waals surface area contributed by atoms with Crippen molar-refractivity contribution < 1.29 is 4.79 Å². The number of amides is 1. The fourth-order valence-electron chi connectivity index (χ4n) is 1.48. The van der Waals surface area contributed by atoms with Crippen molar-refractivity contribution in [2.24, 2.45) is 4.99 Å². The van der Waals surface area contributed by atoms with Gasteiger partial charge in [0.2, 0.25) is 0 Å². The van der Waals surface area contributed by atoms with Gasteiger partial charge in [0, 0.05) is 18.8 Å². The summed E-state index contributed by atoms with van der Waals surface area (Å²) in [5.41, 5.74) is 2.72. The van der Waals surface area contributed by atoms with Crippen LogP contribution in [0.1, 0.15) is 6.92 Å². The van der Waals surface area contributed by atoms with Gasteiger partial charge in [0.25, 0.3) is 5.91 Å². The smallest absolute Gasteiger partial charge is 0.258 e. The molecule has 0 spiro atoms. The maximum atomic E-state index is 11.4. The molecule has 1 fully saturated rings. The van der Waals surface area contributed by atoms with Gasteiger partial charge < -0.3 is 5.32 Å². The summed E-state index contributed by atoms with van der Waals surface area (Å²) in [5, 5.41) is 6.35. The molecule has 5 nitrogen and oxygen atoms in total. The molecular formula is C8H14N4OS. The van der Waals surface area contributed by atoms with Gasteiger partial charge in [-0.2, -0.15) is 0 Å². The lowest BCUT2D eigenvalue weighted by atomic mass is 10.3. The molecule has 0 saturated carbocycles. The summed E-state index contributed by atoms with van der Waals surface area (Å²) in [4.78, 5) is 15.7. The summed E-state index contributed by atoms with van der Waals surface area (Å²) >= 11 is 1.70. The third-order valence-corrected chi connectivity index (χ3v) is 3.20. The second-order valence-electron chi connectivity index (χ2n) is 3.63. The van der Waals surface area contributed by atoms with Crippen LogP contribution in [0.25, 0.3) is 0 Å². The number of likely N-dealkylation sites (N-methyl/N-ethyl adjacent to an activating group) is 1. The zero-order valence-corrected chi connectivity index (χ0v) is 9.10. The fraction of sp³-hybridized carbons (Fsp3) is 0.750. The summed E-state index contributed by atoms with van der Waals surface area (Å²) in [5.74, 6) is 0.0235. The number of carbonyl (C=O) groups excluding carboxylic acids is 1. The van der Waals surface area contributed by atoms with Crippen LogP contribution in [-0.4, -0.2) is 47.5 Å². The van der Waals surface area contributed by atoms with E-state index in [1.807, 2.05) is 7.05 Å². The Morgan fingerprint density at radius 1 is 1.71 bits per heavy atom. The first kappa shape index (κ1) is 9.79. The number of hydrogen-bond donors (Lipinski definition) is 2. The van der Waals surface area contributed by atoms with E-state index in [0.29, 0.717) is 11.8 Å². The van der Waals surface area contributed by atoms with Gasteiger partial charge in [-0.3, -0.25) is 15.2 Å². The van der Waals surface area contributed by atoms with Gasteiger partial charge in [0.05, 0.1) is 6.54 Å². The lowest BCUT2D eigenvalue weighted by Crippen LogP contribution is -2.40. The van der Waals surface area contributed by atoms with Crippen molar-refractivity contribution in [3.05, 3.63) is 0 Å². The van der Waals surface area contributed by atoms with Crippen molar-refractivity contribution in [1.29, 1.82) is 0 Å². The number of hydrogen-bond acceptors (Lipinski definition) is 5. The average Bonchev–Trinajstić information content (AvgIpc) is 2.61. The summed E-state index contributed by atoms with van der Waals surface area (Å²) in [6.07, 6.45) is 0. The van der Waals surface area contributed by atoms with Gasteiger partial charge in [-0.05, 0) is 0 Å². The first-order chi connectivity index (χ1) is 6.65. The molecule has 14 heavy (non-hydrogen) atoms. The Morgan fingerprint density at radius 2 is 2.50 bits per heavy atom. The molecule has 2 N–H and O–H groups in total. The fourth-order valence-corrected chi connectivity index (χ4v) is 2.37. The van der Waals surface area contributed by atoms with Crippen LogP contribution in [-0.2, 0) is 4.79 Å². The first-order valence-electron chi connectivity index (χ1n) is 4.64. The van der Waals surface area contributed by atoms with Gasteiger partial charge in [0.1, 0.15) is 6.04 Å². The number of nitrogens with zero attached hydrogens (tertiary/aromatic N) is 2. The van der Waals surface area contributed by atoms with E-state index in [-0.39, 0.29) is 11.9 Å². The topological polar surface area (TPSA) is 56.7 Å². The lowest BCUT2D eigenvalue weighted by Gasteiger charge is -2.10. The van der Waals surface area contributed by atoms with Crippen molar-refractivity contribution in [2.45, 2.75) is 18.2 Å². The minimum atomic E-state index is -0.156. The highest BCUT2D eigenvalue weighted by molar-refractivity contribution is 8.14. The van der Waals surface area contributed by atoms with Crippen LogP contribution >= 0.6 is 11.8 Å². The minimum Gasteiger partial charge on any atom is -0.352 e. The van der Waals surface area contributed by atoms with Crippen LogP contribution in [0.4, 0.5) is 0 Å². The molecule has 1 amide bonds. The van der Waals surface area contributed by atoms with E-state index in [0.717, 1.165) is 11.7 Å². The number of aliphatic imine (C=N–C) groups is 1. The van der Waals surface area contributed by atoms with E-state index in [1.165, 1.54) is 0 Å².